The number of hydrogen-bond acceptors (Lipinski definition) is 1. The van der Waals surface area contributed by atoms with Crippen molar-refractivity contribution >= 4 is 0 Å². The molecule has 1 aliphatic carbocycles. The van der Waals surface area contributed by atoms with Crippen LogP contribution in [0.15, 0.2) is 75.1 Å². The molecule has 0 aromatic carbocycles. The SMILES string of the molecule is C=CC1(C=C)OC2=CC(C)C(C)(C)C2(C)C(C)(C=C)C1(C=C)C=C. The molecule has 0 N–H and O–H groups in total. The van der Waals surface area contributed by atoms with Gasteiger partial charge < -0.3 is 4.74 Å². The van der Waals surface area contributed by atoms with E-state index in [0.717, 1.165) is 5.76 Å². The summed E-state index contributed by atoms with van der Waals surface area (Å²) in [4.78, 5) is 0. The molecule has 1 heterocycles. The lowest BCUT2D eigenvalue weighted by Crippen LogP contribution is -2.66. The summed E-state index contributed by atoms with van der Waals surface area (Å²) in [5, 5.41) is 0. The predicted octanol–water partition coefficient (Wildman–Crippen LogP) is 6.24. The second kappa shape index (κ2) is 5.12. The van der Waals surface area contributed by atoms with Gasteiger partial charge in [0.1, 0.15) is 5.76 Å². The summed E-state index contributed by atoms with van der Waals surface area (Å²) in [5.74, 6) is 1.36. The van der Waals surface area contributed by atoms with Crippen molar-refractivity contribution in [2.45, 2.75) is 40.2 Å². The van der Waals surface area contributed by atoms with Crippen molar-refractivity contribution in [1.82, 2.24) is 0 Å². The Hall–Kier alpha value is -1.76. The van der Waals surface area contributed by atoms with Gasteiger partial charge in [0.2, 0.25) is 0 Å². The zero-order chi connectivity index (χ0) is 18.6. The van der Waals surface area contributed by atoms with Crippen molar-refractivity contribution in [2.24, 2.45) is 27.6 Å². The van der Waals surface area contributed by atoms with Crippen molar-refractivity contribution in [2.75, 3.05) is 0 Å². The summed E-state index contributed by atoms with van der Waals surface area (Å²) in [6, 6.07) is 0. The molecule has 0 saturated carbocycles. The average molecular weight is 325 g/mol. The first-order valence-electron chi connectivity index (χ1n) is 8.63. The van der Waals surface area contributed by atoms with Gasteiger partial charge in [-0.2, -0.15) is 0 Å². The van der Waals surface area contributed by atoms with E-state index in [1.807, 2.05) is 30.4 Å². The van der Waals surface area contributed by atoms with Gasteiger partial charge in [0.15, 0.2) is 5.60 Å². The summed E-state index contributed by atoms with van der Waals surface area (Å²) in [6.07, 6.45) is 11.8. The van der Waals surface area contributed by atoms with Crippen molar-refractivity contribution in [3.8, 4) is 0 Å². The topological polar surface area (TPSA) is 9.23 Å². The highest BCUT2D eigenvalue weighted by Gasteiger charge is 2.73. The molecular weight excluding hydrogens is 292 g/mol. The van der Waals surface area contributed by atoms with Gasteiger partial charge in [-0.05, 0) is 29.6 Å². The highest BCUT2D eigenvalue weighted by atomic mass is 16.5. The van der Waals surface area contributed by atoms with Crippen LogP contribution in [-0.4, -0.2) is 5.60 Å². The quantitative estimate of drug-likeness (QED) is 0.544. The lowest BCUT2D eigenvalue weighted by Gasteiger charge is -2.67. The standard InChI is InChI=1S/C23H32O/c1-11-20(9)21(10)18(16-17(6)19(21,7)8)24-23(14-4,15-5)22(20,12-2)13-3/h11-17H,1-5H2,6-10H3. The second-order valence-corrected chi connectivity index (χ2v) is 8.15. The molecule has 1 heteroatoms. The average Bonchev–Trinajstić information content (AvgIpc) is 2.75. The van der Waals surface area contributed by atoms with Crippen LogP contribution in [0.4, 0.5) is 0 Å². The minimum Gasteiger partial charge on any atom is -0.482 e. The maximum absolute atomic E-state index is 6.64. The Labute approximate surface area is 148 Å². The molecule has 1 nitrogen and oxygen atoms in total. The van der Waals surface area contributed by atoms with Crippen molar-refractivity contribution in [3.63, 3.8) is 0 Å². The normalized spacial score (nSPS) is 38.0. The molecule has 0 spiro atoms. The number of fused-ring (bicyclic) bond motifs is 1. The van der Waals surface area contributed by atoms with E-state index in [1.54, 1.807) is 0 Å². The van der Waals surface area contributed by atoms with Crippen molar-refractivity contribution in [3.05, 3.63) is 75.1 Å². The molecule has 2 aliphatic rings. The van der Waals surface area contributed by atoms with Crippen LogP contribution in [0.5, 0.6) is 0 Å². The molecule has 0 bridgehead atoms. The third kappa shape index (κ3) is 1.52. The highest BCUT2D eigenvalue weighted by molar-refractivity contribution is 5.46. The lowest BCUT2D eigenvalue weighted by atomic mass is 9.40. The number of ether oxygens (including phenoxy) is 1. The number of allylic oxidation sites excluding steroid dienone is 3. The predicted molar refractivity (Wildman–Crippen MR) is 104 cm³/mol. The Morgan fingerprint density at radius 3 is 1.75 bits per heavy atom. The van der Waals surface area contributed by atoms with Crippen molar-refractivity contribution in [1.29, 1.82) is 0 Å². The first-order chi connectivity index (χ1) is 11.0. The Morgan fingerprint density at radius 2 is 1.38 bits per heavy atom. The zero-order valence-corrected chi connectivity index (χ0v) is 16.0. The molecule has 130 valence electrons. The Kier molecular flexibility index (Phi) is 3.96. The molecule has 1 aliphatic heterocycles. The molecule has 3 unspecified atom stereocenters. The number of hydrogen-bond donors (Lipinski definition) is 0. The van der Waals surface area contributed by atoms with Crippen LogP contribution in [0.25, 0.3) is 0 Å². The molecular formula is C23H32O. The Morgan fingerprint density at radius 1 is 0.875 bits per heavy atom. The first kappa shape index (κ1) is 18.6. The lowest BCUT2D eigenvalue weighted by molar-refractivity contribution is -0.181. The summed E-state index contributed by atoms with van der Waals surface area (Å²) in [5.41, 5.74) is -2.09. The summed E-state index contributed by atoms with van der Waals surface area (Å²) >= 11 is 0. The van der Waals surface area contributed by atoms with E-state index in [9.17, 15) is 0 Å². The molecule has 0 aromatic heterocycles. The molecule has 24 heavy (non-hydrogen) atoms. The van der Waals surface area contributed by atoms with Gasteiger partial charge >= 0.3 is 0 Å². The van der Waals surface area contributed by atoms with E-state index in [4.69, 9.17) is 4.74 Å². The molecule has 1 saturated heterocycles. The summed E-state index contributed by atoms with van der Waals surface area (Å²) < 4.78 is 6.64. The molecule has 3 atom stereocenters. The maximum Gasteiger partial charge on any atom is 0.158 e. The van der Waals surface area contributed by atoms with Crippen LogP contribution in [0.3, 0.4) is 0 Å². The monoisotopic (exact) mass is 324 g/mol. The van der Waals surface area contributed by atoms with E-state index < -0.39 is 11.0 Å². The van der Waals surface area contributed by atoms with E-state index in [2.05, 4.69) is 73.6 Å². The fourth-order valence-corrected chi connectivity index (χ4v) is 5.23. The van der Waals surface area contributed by atoms with Crippen LogP contribution in [0.2, 0.25) is 0 Å². The van der Waals surface area contributed by atoms with Crippen LogP contribution < -0.4 is 0 Å². The van der Waals surface area contributed by atoms with Crippen molar-refractivity contribution < 1.29 is 4.74 Å². The van der Waals surface area contributed by atoms with E-state index >= 15 is 0 Å². The van der Waals surface area contributed by atoms with Gasteiger partial charge in [-0.25, -0.2) is 0 Å². The molecule has 0 radical (unpaired) electrons. The highest BCUT2D eigenvalue weighted by Crippen LogP contribution is 2.75. The smallest absolute Gasteiger partial charge is 0.158 e. The van der Waals surface area contributed by atoms with Crippen LogP contribution in [0, 0.1) is 27.6 Å². The molecule has 2 rings (SSSR count). The van der Waals surface area contributed by atoms with Gasteiger partial charge in [-0.1, -0.05) is 66.0 Å². The summed E-state index contributed by atoms with van der Waals surface area (Å²) in [6.45, 7) is 32.0. The Balaban J connectivity index is 3.00. The van der Waals surface area contributed by atoms with Gasteiger partial charge in [0.05, 0.1) is 5.41 Å². The van der Waals surface area contributed by atoms with Crippen LogP contribution >= 0.6 is 0 Å². The maximum atomic E-state index is 6.64. The summed E-state index contributed by atoms with van der Waals surface area (Å²) in [7, 11) is 0. The molecule has 0 amide bonds. The van der Waals surface area contributed by atoms with Gasteiger partial charge in [0.25, 0.3) is 0 Å². The van der Waals surface area contributed by atoms with Crippen LogP contribution in [0.1, 0.15) is 34.6 Å². The van der Waals surface area contributed by atoms with E-state index in [-0.39, 0.29) is 16.2 Å². The minimum atomic E-state index is -0.815. The van der Waals surface area contributed by atoms with Gasteiger partial charge in [-0.15, -0.1) is 19.7 Å². The molecule has 0 aromatic rings. The van der Waals surface area contributed by atoms with Gasteiger partial charge in [0, 0.05) is 10.8 Å². The van der Waals surface area contributed by atoms with E-state index in [0.29, 0.717) is 5.92 Å². The fourth-order valence-electron chi connectivity index (χ4n) is 5.23. The zero-order valence-electron chi connectivity index (χ0n) is 16.0. The third-order valence-corrected chi connectivity index (χ3v) is 7.80. The second-order valence-electron chi connectivity index (χ2n) is 8.15. The van der Waals surface area contributed by atoms with E-state index in [1.165, 1.54) is 0 Å². The van der Waals surface area contributed by atoms with Crippen LogP contribution in [-0.2, 0) is 4.74 Å². The van der Waals surface area contributed by atoms with Gasteiger partial charge in [-0.3, -0.25) is 0 Å². The third-order valence-electron chi connectivity index (χ3n) is 7.80. The minimum absolute atomic E-state index is 0.0168. The Bertz CT molecular complexity index is 631. The largest absolute Gasteiger partial charge is 0.482 e. The molecule has 1 fully saturated rings. The number of rotatable bonds is 5. The first-order valence-corrected chi connectivity index (χ1v) is 8.63. The fraction of sp³-hybridized carbons (Fsp3) is 0.478.